The van der Waals surface area contributed by atoms with Gasteiger partial charge in [-0.1, -0.05) is 12.1 Å². The van der Waals surface area contributed by atoms with Gasteiger partial charge in [0.15, 0.2) is 11.6 Å². The average molecular weight is 367 g/mol. The van der Waals surface area contributed by atoms with E-state index in [4.69, 9.17) is 4.74 Å². The van der Waals surface area contributed by atoms with Gasteiger partial charge < -0.3 is 9.84 Å². The first-order chi connectivity index (χ1) is 12.9. The molecular formula is C18H14FN5O3. The number of benzene rings is 2. The van der Waals surface area contributed by atoms with Crippen LogP contribution in [-0.2, 0) is 0 Å². The van der Waals surface area contributed by atoms with Crippen LogP contribution in [0.4, 0.5) is 16.0 Å². The van der Waals surface area contributed by atoms with Gasteiger partial charge >= 0.3 is 5.97 Å². The number of halogens is 1. The molecule has 0 amide bonds. The number of phenols is 1. The number of ether oxygens (including phenoxy) is 1. The predicted octanol–water partition coefficient (Wildman–Crippen LogP) is 3.97. The highest BCUT2D eigenvalue weighted by Crippen LogP contribution is 2.27. The second-order valence-electron chi connectivity index (χ2n) is 5.56. The highest BCUT2D eigenvalue weighted by atomic mass is 19.1. The van der Waals surface area contributed by atoms with Crippen LogP contribution in [0.1, 0.15) is 21.7 Å². The number of carbonyl (C=O) groups excluding carboxylic acids is 1. The summed E-state index contributed by atoms with van der Waals surface area (Å²) in [4.78, 5) is 23.4. The molecule has 0 saturated carbocycles. The fourth-order valence-electron chi connectivity index (χ4n) is 2.20. The molecule has 0 aliphatic carbocycles. The summed E-state index contributed by atoms with van der Waals surface area (Å²) in [5, 5.41) is 17.6. The fraction of sp³-hybridized carbons (Fsp3) is 0.111. The summed E-state index contributed by atoms with van der Waals surface area (Å²) < 4.78 is 18.5. The van der Waals surface area contributed by atoms with E-state index in [1.807, 2.05) is 0 Å². The van der Waals surface area contributed by atoms with Gasteiger partial charge in [-0.2, -0.15) is 9.97 Å². The first-order valence-corrected chi connectivity index (χ1v) is 7.82. The van der Waals surface area contributed by atoms with Gasteiger partial charge in [-0.15, -0.1) is 10.2 Å². The standard InChI is InChI=1S/C18H14FN5O3/c1-10-7-12(8-11(2)15(10)25)23-24-18-21-9-20-16(22-18)17(26)27-14-6-4-3-5-13(14)19/h3-9,25H,1-2H3/b24-23+. The molecule has 3 aromatic rings. The lowest BCUT2D eigenvalue weighted by Gasteiger charge is -2.04. The van der Waals surface area contributed by atoms with Crippen molar-refractivity contribution in [2.24, 2.45) is 10.2 Å². The minimum absolute atomic E-state index is 0.117. The van der Waals surface area contributed by atoms with Gasteiger partial charge in [0.05, 0.1) is 5.69 Å². The molecule has 0 spiro atoms. The van der Waals surface area contributed by atoms with Crippen LogP contribution >= 0.6 is 0 Å². The van der Waals surface area contributed by atoms with Crippen molar-refractivity contribution >= 4 is 17.6 Å². The van der Waals surface area contributed by atoms with Crippen LogP contribution in [0.3, 0.4) is 0 Å². The summed E-state index contributed by atoms with van der Waals surface area (Å²) in [6, 6.07) is 8.75. The molecule has 0 fully saturated rings. The molecule has 0 saturated heterocycles. The van der Waals surface area contributed by atoms with Crippen LogP contribution in [-0.4, -0.2) is 26.0 Å². The smallest absolute Gasteiger partial charge is 0.382 e. The van der Waals surface area contributed by atoms with Crippen molar-refractivity contribution in [1.29, 1.82) is 0 Å². The Morgan fingerprint density at radius 3 is 2.52 bits per heavy atom. The van der Waals surface area contributed by atoms with Crippen molar-refractivity contribution in [3.8, 4) is 11.5 Å². The Balaban J connectivity index is 1.79. The second kappa shape index (κ2) is 7.65. The van der Waals surface area contributed by atoms with E-state index < -0.39 is 11.8 Å². The maximum Gasteiger partial charge on any atom is 0.382 e. The summed E-state index contributed by atoms with van der Waals surface area (Å²) in [6.07, 6.45) is 1.08. The molecular weight excluding hydrogens is 353 g/mol. The fourth-order valence-corrected chi connectivity index (χ4v) is 2.20. The van der Waals surface area contributed by atoms with Crippen LogP contribution in [0.25, 0.3) is 0 Å². The van der Waals surface area contributed by atoms with Gasteiger partial charge in [0.25, 0.3) is 5.95 Å². The molecule has 0 atom stereocenters. The van der Waals surface area contributed by atoms with E-state index >= 15 is 0 Å². The summed E-state index contributed by atoms with van der Waals surface area (Å²) in [5.74, 6) is -2.13. The second-order valence-corrected chi connectivity index (χ2v) is 5.56. The van der Waals surface area contributed by atoms with Crippen molar-refractivity contribution in [3.63, 3.8) is 0 Å². The number of hydrogen-bond donors (Lipinski definition) is 1. The van der Waals surface area contributed by atoms with E-state index in [1.165, 1.54) is 18.2 Å². The van der Waals surface area contributed by atoms with Gasteiger partial charge in [-0.25, -0.2) is 14.2 Å². The summed E-state index contributed by atoms with van der Waals surface area (Å²) >= 11 is 0. The lowest BCUT2D eigenvalue weighted by Crippen LogP contribution is -2.13. The van der Waals surface area contributed by atoms with Gasteiger partial charge in [0.1, 0.15) is 12.1 Å². The zero-order chi connectivity index (χ0) is 19.4. The SMILES string of the molecule is Cc1cc(/N=N/c2ncnc(C(=O)Oc3ccccc3F)n2)cc(C)c1O. The van der Waals surface area contributed by atoms with Crippen LogP contribution in [0.2, 0.25) is 0 Å². The largest absolute Gasteiger partial charge is 0.507 e. The molecule has 1 aromatic heterocycles. The Hall–Kier alpha value is -3.75. The molecule has 136 valence electrons. The number of azo groups is 1. The molecule has 1 N–H and O–H groups in total. The minimum Gasteiger partial charge on any atom is -0.507 e. The zero-order valence-corrected chi connectivity index (χ0v) is 14.4. The third-order valence-corrected chi connectivity index (χ3v) is 3.51. The number of aromatic nitrogens is 3. The van der Waals surface area contributed by atoms with E-state index in [0.29, 0.717) is 16.8 Å². The maximum atomic E-state index is 13.6. The lowest BCUT2D eigenvalue weighted by atomic mass is 10.1. The van der Waals surface area contributed by atoms with Crippen molar-refractivity contribution in [1.82, 2.24) is 15.0 Å². The van der Waals surface area contributed by atoms with Gasteiger partial charge in [0.2, 0.25) is 5.82 Å². The third-order valence-electron chi connectivity index (χ3n) is 3.51. The Morgan fingerprint density at radius 2 is 1.81 bits per heavy atom. The molecule has 0 aliphatic heterocycles. The third kappa shape index (κ3) is 4.27. The Kier molecular flexibility index (Phi) is 5.11. The average Bonchev–Trinajstić information content (AvgIpc) is 2.66. The first kappa shape index (κ1) is 18.1. The van der Waals surface area contributed by atoms with Crippen molar-refractivity contribution in [2.45, 2.75) is 13.8 Å². The van der Waals surface area contributed by atoms with E-state index in [2.05, 4.69) is 25.2 Å². The zero-order valence-electron chi connectivity index (χ0n) is 14.4. The van der Waals surface area contributed by atoms with Crippen LogP contribution in [0, 0.1) is 19.7 Å². The van der Waals surface area contributed by atoms with E-state index in [1.54, 1.807) is 26.0 Å². The predicted molar refractivity (Wildman–Crippen MR) is 92.9 cm³/mol. The summed E-state index contributed by atoms with van der Waals surface area (Å²) in [7, 11) is 0. The van der Waals surface area contributed by atoms with E-state index in [9.17, 15) is 14.3 Å². The molecule has 0 bridgehead atoms. The Labute approximate surface area is 153 Å². The Bertz CT molecular complexity index is 1020. The summed E-state index contributed by atoms with van der Waals surface area (Å²) in [5.41, 5.74) is 1.78. The number of nitrogens with zero attached hydrogens (tertiary/aromatic N) is 5. The van der Waals surface area contributed by atoms with Crippen LogP contribution in [0.5, 0.6) is 11.5 Å². The van der Waals surface area contributed by atoms with Crippen LogP contribution < -0.4 is 4.74 Å². The van der Waals surface area contributed by atoms with Crippen LogP contribution in [0.15, 0.2) is 53.0 Å². The number of esters is 1. The number of aryl methyl sites for hydroxylation is 2. The molecule has 9 heteroatoms. The number of para-hydroxylation sites is 1. The molecule has 27 heavy (non-hydrogen) atoms. The molecule has 2 aromatic carbocycles. The minimum atomic E-state index is -0.949. The van der Waals surface area contributed by atoms with Gasteiger partial charge in [0, 0.05) is 0 Å². The maximum absolute atomic E-state index is 13.6. The van der Waals surface area contributed by atoms with Gasteiger partial charge in [-0.3, -0.25) is 0 Å². The molecule has 3 rings (SSSR count). The van der Waals surface area contributed by atoms with E-state index in [0.717, 1.165) is 12.4 Å². The number of phenolic OH excluding ortho intramolecular Hbond substituents is 1. The first-order valence-electron chi connectivity index (χ1n) is 7.82. The molecule has 0 unspecified atom stereocenters. The highest BCUT2D eigenvalue weighted by molar-refractivity contribution is 5.87. The molecule has 1 heterocycles. The monoisotopic (exact) mass is 367 g/mol. The summed E-state index contributed by atoms with van der Waals surface area (Å²) in [6.45, 7) is 3.47. The molecule has 0 aliphatic rings. The quantitative estimate of drug-likeness (QED) is 0.424. The van der Waals surface area contributed by atoms with Crippen molar-refractivity contribution < 1.29 is 19.0 Å². The van der Waals surface area contributed by atoms with Gasteiger partial charge in [-0.05, 0) is 49.2 Å². The number of rotatable bonds is 4. The normalized spacial score (nSPS) is 10.9. The topological polar surface area (TPSA) is 110 Å². The Morgan fingerprint density at radius 1 is 1.11 bits per heavy atom. The number of aromatic hydroxyl groups is 1. The number of hydrogen-bond acceptors (Lipinski definition) is 8. The van der Waals surface area contributed by atoms with E-state index in [-0.39, 0.29) is 23.3 Å². The molecule has 8 nitrogen and oxygen atoms in total. The van der Waals surface area contributed by atoms with Crippen molar-refractivity contribution in [3.05, 3.63) is 65.5 Å². The lowest BCUT2D eigenvalue weighted by molar-refractivity contribution is 0.0714. The number of carbonyl (C=O) groups is 1. The van der Waals surface area contributed by atoms with Crippen molar-refractivity contribution in [2.75, 3.05) is 0 Å². The molecule has 0 radical (unpaired) electrons. The highest BCUT2D eigenvalue weighted by Gasteiger charge is 2.15.